The summed E-state index contributed by atoms with van der Waals surface area (Å²) < 4.78 is 5.20. The van der Waals surface area contributed by atoms with Crippen molar-refractivity contribution in [2.45, 2.75) is 32.1 Å². The van der Waals surface area contributed by atoms with E-state index in [0.717, 1.165) is 23.8 Å². The van der Waals surface area contributed by atoms with Crippen LogP contribution in [0.1, 0.15) is 37.9 Å². The van der Waals surface area contributed by atoms with E-state index in [-0.39, 0.29) is 17.6 Å². The van der Waals surface area contributed by atoms with Crippen LogP contribution in [0.4, 0.5) is 0 Å². The van der Waals surface area contributed by atoms with Crippen LogP contribution in [0.3, 0.4) is 0 Å². The van der Waals surface area contributed by atoms with E-state index in [9.17, 15) is 9.59 Å². The van der Waals surface area contributed by atoms with Crippen molar-refractivity contribution in [2.75, 3.05) is 6.61 Å². The monoisotopic (exact) mass is 337 g/mol. The lowest BCUT2D eigenvalue weighted by molar-refractivity contribution is -0.136. The second kappa shape index (κ2) is 5.58. The van der Waals surface area contributed by atoms with Gasteiger partial charge >= 0.3 is 5.97 Å². The molecule has 1 fully saturated rings. The van der Waals surface area contributed by atoms with Gasteiger partial charge in [0, 0.05) is 10.6 Å². The summed E-state index contributed by atoms with van der Waals surface area (Å²) in [6, 6.07) is 7.42. The summed E-state index contributed by atoms with van der Waals surface area (Å²) in [5.41, 5.74) is 2.07. The van der Waals surface area contributed by atoms with Gasteiger partial charge < -0.3 is 9.84 Å². The average Bonchev–Trinajstić information content (AvgIpc) is 3.07. The van der Waals surface area contributed by atoms with Crippen LogP contribution in [0, 0.1) is 0 Å². The van der Waals surface area contributed by atoms with Crippen molar-refractivity contribution < 1.29 is 9.53 Å². The largest absolute Gasteiger partial charge is 0.462 e. The summed E-state index contributed by atoms with van der Waals surface area (Å²) in [6.07, 6.45) is 3.76. The van der Waals surface area contributed by atoms with Crippen LogP contribution in [0.2, 0.25) is 0 Å². The molecule has 0 amide bonds. The molecule has 0 radical (unpaired) electrons. The predicted octanol–water partition coefficient (Wildman–Crippen LogP) is 1.14. The number of para-hydroxylation sites is 1. The Kier molecular flexibility index (Phi) is 3.49. The van der Waals surface area contributed by atoms with Gasteiger partial charge in [0.15, 0.2) is 0 Å². The van der Waals surface area contributed by atoms with Gasteiger partial charge in [-0.3, -0.25) is 9.89 Å². The molecule has 2 N–H and O–H groups in total. The predicted molar refractivity (Wildman–Crippen MR) is 93.2 cm³/mol. The number of H-pyrrole nitrogens is 2. The molecular weight excluding hydrogens is 318 g/mol. The third-order valence-corrected chi connectivity index (χ3v) is 4.85. The fraction of sp³-hybridized carbons (Fsp3) is 0.316. The average molecular weight is 337 g/mol. The Balaban J connectivity index is 1.90. The molecule has 4 rings (SSSR count). The minimum absolute atomic E-state index is 0.0128. The number of nitrogens with one attached hydrogen (secondary N) is 2. The van der Waals surface area contributed by atoms with E-state index in [1.807, 2.05) is 24.3 Å². The van der Waals surface area contributed by atoms with Gasteiger partial charge in [-0.15, -0.1) is 0 Å². The second-order valence-corrected chi connectivity index (χ2v) is 6.68. The Bertz CT molecular complexity index is 1070. The number of hydrogen-bond acceptors (Lipinski definition) is 4. The maximum atomic E-state index is 12.5. The van der Waals surface area contributed by atoms with Crippen LogP contribution in [0.15, 0.2) is 39.7 Å². The van der Waals surface area contributed by atoms with Gasteiger partial charge in [-0.2, -0.15) is 0 Å². The Morgan fingerprint density at radius 2 is 2.08 bits per heavy atom. The molecule has 0 bridgehead atoms. The molecule has 1 saturated carbocycles. The van der Waals surface area contributed by atoms with Gasteiger partial charge in [0.1, 0.15) is 0 Å². The number of fused-ring (bicyclic) bond motifs is 1. The first kappa shape index (κ1) is 15.6. The number of carbonyl (C=O) groups excluding carboxylic acids is 1. The minimum Gasteiger partial charge on any atom is -0.462 e. The molecule has 25 heavy (non-hydrogen) atoms. The molecule has 2 heterocycles. The zero-order valence-electron chi connectivity index (χ0n) is 14.2. The highest BCUT2D eigenvalue weighted by molar-refractivity contribution is 6.17. The molecule has 128 valence electrons. The number of aromatic amines is 2. The first-order chi connectivity index (χ1) is 12.0. The summed E-state index contributed by atoms with van der Waals surface area (Å²) in [4.78, 5) is 29.3. The molecule has 1 aliphatic carbocycles. The fourth-order valence-corrected chi connectivity index (χ4v) is 3.18. The third-order valence-electron chi connectivity index (χ3n) is 4.85. The maximum Gasteiger partial charge on any atom is 0.341 e. The molecule has 6 heteroatoms. The fourth-order valence-electron chi connectivity index (χ4n) is 3.18. The van der Waals surface area contributed by atoms with Crippen molar-refractivity contribution in [2.24, 2.45) is 4.99 Å². The summed E-state index contributed by atoms with van der Waals surface area (Å²) in [5, 5.41) is 7.09. The third kappa shape index (κ3) is 2.54. The number of aromatic nitrogens is 2. The van der Waals surface area contributed by atoms with E-state index in [2.05, 4.69) is 22.1 Å². The van der Waals surface area contributed by atoms with Crippen LogP contribution in [-0.2, 0) is 14.9 Å². The first-order valence-electron chi connectivity index (χ1n) is 8.42. The van der Waals surface area contributed by atoms with Crippen molar-refractivity contribution in [1.82, 2.24) is 10.2 Å². The summed E-state index contributed by atoms with van der Waals surface area (Å²) >= 11 is 0. The van der Waals surface area contributed by atoms with Gasteiger partial charge in [-0.25, -0.2) is 9.79 Å². The highest BCUT2D eigenvalue weighted by Gasteiger charge is 2.42. The van der Waals surface area contributed by atoms with Crippen molar-refractivity contribution in [1.29, 1.82) is 0 Å². The van der Waals surface area contributed by atoms with Gasteiger partial charge in [0.2, 0.25) is 0 Å². The maximum absolute atomic E-state index is 12.5. The smallest absolute Gasteiger partial charge is 0.341 e. The Hall–Kier alpha value is -2.89. The topological polar surface area (TPSA) is 87.3 Å². The van der Waals surface area contributed by atoms with Crippen LogP contribution in [0.25, 0.3) is 11.6 Å². The Morgan fingerprint density at radius 1 is 1.32 bits per heavy atom. The highest BCUT2D eigenvalue weighted by Crippen LogP contribution is 2.47. The van der Waals surface area contributed by atoms with E-state index >= 15 is 0 Å². The van der Waals surface area contributed by atoms with E-state index in [0.29, 0.717) is 22.2 Å². The van der Waals surface area contributed by atoms with Gasteiger partial charge in [-0.05, 0) is 31.9 Å². The van der Waals surface area contributed by atoms with Crippen LogP contribution < -0.4 is 16.1 Å². The lowest BCUT2D eigenvalue weighted by Crippen LogP contribution is -2.25. The number of hydrogen-bond donors (Lipinski definition) is 2. The second-order valence-electron chi connectivity index (χ2n) is 6.68. The molecule has 6 nitrogen and oxygen atoms in total. The van der Waals surface area contributed by atoms with Gasteiger partial charge in [0.05, 0.1) is 34.5 Å². The Morgan fingerprint density at radius 3 is 2.80 bits per heavy atom. The number of esters is 1. The molecular formula is C19H19N3O3. The summed E-state index contributed by atoms with van der Waals surface area (Å²) in [5.74, 6) is -0.423. The molecule has 1 aromatic heterocycles. The number of benzene rings is 1. The first-order valence-corrected chi connectivity index (χ1v) is 8.42. The van der Waals surface area contributed by atoms with Crippen LogP contribution in [0.5, 0.6) is 0 Å². The van der Waals surface area contributed by atoms with E-state index in [4.69, 9.17) is 4.74 Å². The highest BCUT2D eigenvalue weighted by atomic mass is 16.5. The van der Waals surface area contributed by atoms with E-state index < -0.39 is 5.97 Å². The molecule has 1 aromatic carbocycles. The number of carbonyl (C=O) groups is 1. The summed E-state index contributed by atoms with van der Waals surface area (Å²) in [7, 11) is 0. The quantitative estimate of drug-likeness (QED) is 0.820. The molecule has 0 saturated heterocycles. The zero-order chi connectivity index (χ0) is 17.6. The van der Waals surface area contributed by atoms with Gasteiger partial charge in [-0.1, -0.05) is 25.1 Å². The van der Waals surface area contributed by atoms with Gasteiger partial charge in [0.25, 0.3) is 5.56 Å². The SMILES string of the molecule is CCOC(=O)C1=c2ccccc2=NC1=Cc1c(C2(C)CC2)[nH][nH]c1=O. The Labute approximate surface area is 143 Å². The normalized spacial score (nSPS) is 18.8. The standard InChI is InChI=1S/C19H19N3O3/c1-3-25-18(24)15-11-6-4-5-7-13(11)20-14(15)10-12-16(19(2)8-9-19)21-22-17(12)23/h4-7,10H,3,8-9H2,1-2H3,(H2,21,22,23). The van der Waals surface area contributed by atoms with Crippen LogP contribution in [-0.4, -0.2) is 22.8 Å². The van der Waals surface area contributed by atoms with E-state index in [1.54, 1.807) is 13.0 Å². The van der Waals surface area contributed by atoms with Crippen molar-refractivity contribution in [3.8, 4) is 0 Å². The molecule has 2 aliphatic rings. The van der Waals surface area contributed by atoms with E-state index in [1.165, 1.54) is 0 Å². The summed E-state index contributed by atoms with van der Waals surface area (Å²) in [6.45, 7) is 4.17. The molecule has 0 atom stereocenters. The molecule has 1 aliphatic heterocycles. The molecule has 0 spiro atoms. The van der Waals surface area contributed by atoms with Crippen molar-refractivity contribution in [3.63, 3.8) is 0 Å². The lowest BCUT2D eigenvalue weighted by Gasteiger charge is -2.07. The number of ether oxygens (including phenoxy) is 1. The zero-order valence-corrected chi connectivity index (χ0v) is 14.2. The van der Waals surface area contributed by atoms with Crippen LogP contribution >= 0.6 is 0 Å². The minimum atomic E-state index is -0.423. The number of rotatable bonds is 4. The molecule has 0 unspecified atom stereocenters. The van der Waals surface area contributed by atoms with Crippen molar-refractivity contribution >= 4 is 17.6 Å². The molecule has 2 aromatic rings. The number of nitrogens with zero attached hydrogens (tertiary/aromatic N) is 1. The lowest BCUT2D eigenvalue weighted by atomic mass is 9.99. The van der Waals surface area contributed by atoms with Crippen molar-refractivity contribution in [3.05, 3.63) is 62.1 Å².